The number of hydrogen-bond donors (Lipinski definition) is 0. The smallest absolute Gasteiger partial charge is 0.330 e. The summed E-state index contributed by atoms with van der Waals surface area (Å²) >= 11 is 0. The second kappa shape index (κ2) is 11.8. The van der Waals surface area contributed by atoms with Crippen molar-refractivity contribution in [2.24, 2.45) is 11.8 Å². The van der Waals surface area contributed by atoms with Gasteiger partial charge in [0.15, 0.2) is 0 Å². The molecule has 0 aromatic carbocycles. The van der Waals surface area contributed by atoms with Gasteiger partial charge in [-0.25, -0.2) is 4.79 Å². The van der Waals surface area contributed by atoms with Crippen LogP contribution in [0.25, 0.3) is 0 Å². The number of allylic oxidation sites excluding steroid dienone is 2. The molecule has 2 heterocycles. The molecule has 2 aliphatic heterocycles. The van der Waals surface area contributed by atoms with Gasteiger partial charge in [-0.1, -0.05) is 44.9 Å². The third-order valence-corrected chi connectivity index (χ3v) is 6.31. The summed E-state index contributed by atoms with van der Waals surface area (Å²) in [5.74, 6) is -1.05. The van der Waals surface area contributed by atoms with Crippen molar-refractivity contribution in [3.63, 3.8) is 0 Å². The number of ether oxygens (including phenoxy) is 3. The Kier molecular flexibility index (Phi) is 9.68. The maximum absolute atomic E-state index is 12.5. The van der Waals surface area contributed by atoms with Crippen molar-refractivity contribution in [1.82, 2.24) is 0 Å². The number of fused-ring (bicyclic) bond motifs is 1. The molecule has 0 N–H and O–H groups in total. The first-order valence-electron chi connectivity index (χ1n) is 11.9. The molecule has 0 unspecified atom stereocenters. The van der Waals surface area contributed by atoms with Gasteiger partial charge in [0, 0.05) is 24.8 Å². The molecule has 6 nitrogen and oxygen atoms in total. The van der Waals surface area contributed by atoms with Gasteiger partial charge >= 0.3 is 11.9 Å². The first-order valence-corrected chi connectivity index (χ1v) is 11.9. The summed E-state index contributed by atoms with van der Waals surface area (Å²) in [7, 11) is 0. The maximum Gasteiger partial charge on any atom is 0.330 e. The number of carbonyl (C=O) groups is 3. The number of Topliss-reactive ketones (excluding diaryl/α,β-unsaturated/α-hetero) is 1. The quantitative estimate of drug-likeness (QED) is 0.333. The third-order valence-electron chi connectivity index (χ3n) is 6.31. The van der Waals surface area contributed by atoms with Crippen LogP contribution >= 0.6 is 0 Å². The molecule has 0 spiro atoms. The van der Waals surface area contributed by atoms with Crippen molar-refractivity contribution in [3.8, 4) is 0 Å². The number of esters is 2. The van der Waals surface area contributed by atoms with Crippen molar-refractivity contribution in [2.75, 3.05) is 0 Å². The molecular formula is C26H40O6. The van der Waals surface area contributed by atoms with E-state index >= 15 is 0 Å². The normalized spacial score (nSPS) is 37.6. The predicted octanol–water partition coefficient (Wildman–Crippen LogP) is 5.10. The number of carbonyl (C=O) groups excluding carboxylic acids is 3. The van der Waals surface area contributed by atoms with E-state index in [2.05, 4.69) is 19.9 Å². The Labute approximate surface area is 192 Å². The van der Waals surface area contributed by atoms with Crippen LogP contribution in [-0.2, 0) is 28.6 Å². The highest BCUT2D eigenvalue weighted by atomic mass is 16.7. The van der Waals surface area contributed by atoms with Gasteiger partial charge in [-0.2, -0.15) is 0 Å². The van der Waals surface area contributed by atoms with E-state index in [4.69, 9.17) is 14.2 Å². The molecule has 0 aliphatic carbocycles. The Morgan fingerprint density at radius 2 is 1.91 bits per heavy atom. The third kappa shape index (κ3) is 8.19. The van der Waals surface area contributed by atoms with Crippen molar-refractivity contribution in [2.45, 2.75) is 110 Å². The van der Waals surface area contributed by atoms with Crippen molar-refractivity contribution in [3.05, 3.63) is 23.8 Å². The highest BCUT2D eigenvalue weighted by Crippen LogP contribution is 2.38. The molecule has 2 rings (SSSR count). The van der Waals surface area contributed by atoms with Crippen molar-refractivity contribution >= 4 is 17.7 Å². The second-order valence-electron chi connectivity index (χ2n) is 9.92. The number of rotatable bonds is 4. The molecule has 0 bridgehead atoms. The lowest BCUT2D eigenvalue weighted by Gasteiger charge is -2.24. The Bertz CT molecular complexity index is 739. The fraction of sp³-hybridized carbons (Fsp3) is 0.731. The van der Waals surface area contributed by atoms with Gasteiger partial charge < -0.3 is 14.2 Å². The lowest BCUT2D eigenvalue weighted by atomic mass is 10.3. The van der Waals surface area contributed by atoms with Crippen LogP contribution in [0.1, 0.15) is 86.5 Å². The number of ketones is 1. The summed E-state index contributed by atoms with van der Waals surface area (Å²) in [6.45, 7) is 11.6. The van der Waals surface area contributed by atoms with Gasteiger partial charge in [-0.15, -0.1) is 0 Å². The Hall–Kier alpha value is -1.95. The molecule has 0 amide bonds. The molecule has 0 aromatic rings. The summed E-state index contributed by atoms with van der Waals surface area (Å²) in [6, 6.07) is 0. The fourth-order valence-corrected chi connectivity index (χ4v) is 4.71. The first kappa shape index (κ1) is 26.3. The van der Waals surface area contributed by atoms with E-state index in [1.54, 1.807) is 6.08 Å². The van der Waals surface area contributed by atoms with Crippen LogP contribution in [0.2, 0.25) is 0 Å². The van der Waals surface area contributed by atoms with Gasteiger partial charge in [0.1, 0.15) is 18.0 Å². The number of hydrogen-bond acceptors (Lipinski definition) is 6. The van der Waals surface area contributed by atoms with E-state index < -0.39 is 12.1 Å². The molecule has 6 atom stereocenters. The summed E-state index contributed by atoms with van der Waals surface area (Å²) in [4.78, 5) is 36.7. The Balaban J connectivity index is 2.26. The van der Waals surface area contributed by atoms with E-state index in [9.17, 15) is 14.4 Å². The molecule has 0 aromatic heterocycles. The maximum atomic E-state index is 12.5. The van der Waals surface area contributed by atoms with Crippen LogP contribution in [-0.4, -0.2) is 41.6 Å². The van der Waals surface area contributed by atoms with E-state index in [-0.39, 0.29) is 54.2 Å². The monoisotopic (exact) mass is 456 g/mol. The van der Waals surface area contributed by atoms with Gasteiger partial charge in [0.05, 0.1) is 18.1 Å². The Morgan fingerprint density at radius 1 is 1.19 bits per heavy atom. The van der Waals surface area contributed by atoms with Crippen LogP contribution in [0.3, 0.4) is 0 Å². The van der Waals surface area contributed by atoms with E-state index in [0.29, 0.717) is 6.42 Å². The van der Waals surface area contributed by atoms with Gasteiger partial charge in [-0.05, 0) is 46.0 Å². The van der Waals surface area contributed by atoms with Crippen LogP contribution in [0.4, 0.5) is 0 Å². The van der Waals surface area contributed by atoms with Gasteiger partial charge in [0.25, 0.3) is 0 Å². The molecule has 6 heteroatoms. The van der Waals surface area contributed by atoms with Crippen LogP contribution in [0.5, 0.6) is 0 Å². The van der Waals surface area contributed by atoms with Crippen LogP contribution < -0.4 is 0 Å². The standard InChI is InChI=1S/C26H40O6/c1-7-12-26(6)16-23-21(32-26)10-8-17(2)13-19(4)22(15-20(5)27)30-25(29)14-18(3)9-11-24(28)31-23/h9,11,13,18-19,21-23H,7-8,10,12,14-16H2,1-6H3/b11-9+,17-13+/t18-,19-,21+,22+,23-,26-/m1/s1/i7+1,8+1,15+1,18+1,19+1,21+1,24+1,26+1. The minimum atomic E-state index is -0.493. The largest absolute Gasteiger partial charge is 0.461 e. The molecule has 1 saturated heterocycles. The molecule has 0 saturated carbocycles. The van der Waals surface area contributed by atoms with E-state index in [1.165, 1.54) is 13.0 Å². The minimum absolute atomic E-state index is 0.0109. The predicted molar refractivity (Wildman–Crippen MR) is 123 cm³/mol. The minimum Gasteiger partial charge on any atom is -0.461 e. The van der Waals surface area contributed by atoms with E-state index in [1.807, 2.05) is 20.8 Å². The zero-order chi connectivity index (χ0) is 23.9. The summed E-state index contributed by atoms with van der Waals surface area (Å²) in [6.07, 6.45) is 8.68. The lowest BCUT2D eigenvalue weighted by Crippen LogP contribution is -2.28. The second-order valence-corrected chi connectivity index (χ2v) is 9.92. The topological polar surface area (TPSA) is 78.9 Å². The molecular weight excluding hydrogens is 416 g/mol. The zero-order valence-electron chi connectivity index (χ0n) is 20.5. The molecule has 32 heavy (non-hydrogen) atoms. The number of cyclic esters (lactones) is 1. The van der Waals surface area contributed by atoms with Crippen molar-refractivity contribution in [1.29, 1.82) is 0 Å². The zero-order valence-corrected chi connectivity index (χ0v) is 20.5. The fourth-order valence-electron chi connectivity index (χ4n) is 4.71. The average Bonchev–Trinajstić information content (AvgIpc) is 2.98. The average molecular weight is 457 g/mol. The molecule has 180 valence electrons. The lowest BCUT2D eigenvalue weighted by molar-refractivity contribution is -0.152. The SMILES string of the molecule is C[13CH2]C[13C@]1(C)C[C@H]2O[13C](=O)/C=C/[13C@@H](C)CC(=O)O[C@@H]([13CH2]C(C)=O)[13C@H](C)/C=C(\C)[13CH2]C[13C@@H]2O1. The molecule has 1 fully saturated rings. The summed E-state index contributed by atoms with van der Waals surface area (Å²) in [5.41, 5.74) is 0.849. The summed E-state index contributed by atoms with van der Waals surface area (Å²) < 4.78 is 17.8. The van der Waals surface area contributed by atoms with Crippen LogP contribution in [0.15, 0.2) is 23.8 Å². The van der Waals surface area contributed by atoms with Gasteiger partial charge in [-0.3, -0.25) is 9.59 Å². The first-order chi connectivity index (χ1) is 15.0. The Morgan fingerprint density at radius 3 is 2.56 bits per heavy atom. The highest BCUT2D eigenvalue weighted by molar-refractivity contribution is 5.82. The highest BCUT2D eigenvalue weighted by Gasteiger charge is 2.44. The van der Waals surface area contributed by atoms with Gasteiger partial charge in [0.2, 0.25) is 0 Å². The molecule has 2 aliphatic rings. The van der Waals surface area contributed by atoms with Crippen molar-refractivity contribution < 1.29 is 28.6 Å². The molecule has 0 radical (unpaired) electrons. The summed E-state index contributed by atoms with van der Waals surface area (Å²) in [5, 5.41) is 0. The van der Waals surface area contributed by atoms with Crippen LogP contribution in [0, 0.1) is 11.8 Å². The van der Waals surface area contributed by atoms with E-state index in [0.717, 1.165) is 31.3 Å².